The molecule has 3 aromatic heterocycles. The van der Waals surface area contributed by atoms with Gasteiger partial charge in [-0.2, -0.15) is 0 Å². The van der Waals surface area contributed by atoms with E-state index in [1.54, 1.807) is 24.1 Å². The average Bonchev–Trinajstić information content (AvgIpc) is 3.28. The van der Waals surface area contributed by atoms with Crippen molar-refractivity contribution in [1.29, 1.82) is 0 Å². The molecule has 0 fully saturated rings. The van der Waals surface area contributed by atoms with Crippen LogP contribution in [0.5, 0.6) is 5.75 Å². The Bertz CT molecular complexity index is 935. The Labute approximate surface area is 152 Å². The van der Waals surface area contributed by atoms with Crippen molar-refractivity contribution in [2.45, 2.75) is 27.2 Å². The van der Waals surface area contributed by atoms with E-state index in [1.165, 1.54) is 11.8 Å². The first-order valence-corrected chi connectivity index (χ1v) is 8.60. The van der Waals surface area contributed by atoms with Crippen molar-refractivity contribution < 1.29 is 13.9 Å². The Kier molecular flexibility index (Phi) is 5.11. The molecule has 0 aliphatic rings. The van der Waals surface area contributed by atoms with Crippen molar-refractivity contribution in [1.82, 2.24) is 9.38 Å². The molecule has 3 rings (SSSR count). The highest BCUT2D eigenvalue weighted by Crippen LogP contribution is 2.28. The van der Waals surface area contributed by atoms with E-state index in [0.717, 1.165) is 11.5 Å². The number of furan rings is 1. The predicted octanol–water partition coefficient (Wildman–Crippen LogP) is 4.11. The number of fused-ring (bicyclic) bond motifs is 1. The summed E-state index contributed by atoms with van der Waals surface area (Å²) >= 11 is 0. The summed E-state index contributed by atoms with van der Waals surface area (Å²) in [6.07, 6.45) is 6.09. The van der Waals surface area contributed by atoms with Crippen LogP contribution in [0.1, 0.15) is 37.0 Å². The Morgan fingerprint density at radius 3 is 2.81 bits per heavy atom. The van der Waals surface area contributed by atoms with E-state index >= 15 is 0 Å². The smallest absolute Gasteiger partial charge is 0.294 e. The second-order valence-electron chi connectivity index (χ2n) is 6.24. The molecule has 0 unspecified atom stereocenters. The Morgan fingerprint density at radius 2 is 2.15 bits per heavy atom. The molecule has 6 nitrogen and oxygen atoms in total. The minimum absolute atomic E-state index is 0.220. The number of hydrogen-bond acceptors (Lipinski definition) is 4. The third-order valence-electron chi connectivity index (χ3n) is 4.08. The van der Waals surface area contributed by atoms with Crippen molar-refractivity contribution >= 4 is 17.4 Å². The maximum absolute atomic E-state index is 12.7. The average molecular weight is 353 g/mol. The molecule has 0 aromatic carbocycles. The van der Waals surface area contributed by atoms with E-state index in [0.29, 0.717) is 30.2 Å². The zero-order valence-corrected chi connectivity index (χ0v) is 15.5. The van der Waals surface area contributed by atoms with Crippen LogP contribution in [0.25, 0.3) is 5.65 Å². The largest absolute Gasteiger partial charge is 0.486 e. The second-order valence-corrected chi connectivity index (χ2v) is 6.24. The van der Waals surface area contributed by atoms with Crippen LogP contribution >= 0.6 is 0 Å². The van der Waals surface area contributed by atoms with Crippen LogP contribution in [0.4, 0.5) is 5.82 Å². The number of allylic oxidation sites excluding steroid dienone is 1. The van der Waals surface area contributed by atoms with Gasteiger partial charge < -0.3 is 9.15 Å². The molecule has 1 amide bonds. The van der Waals surface area contributed by atoms with Crippen molar-refractivity contribution in [2.75, 3.05) is 18.6 Å². The van der Waals surface area contributed by atoms with Crippen LogP contribution in [-0.2, 0) is 6.42 Å². The third kappa shape index (κ3) is 3.35. The summed E-state index contributed by atoms with van der Waals surface area (Å²) in [5.74, 6) is 1.48. The molecule has 0 spiro atoms. The van der Waals surface area contributed by atoms with Gasteiger partial charge in [0.05, 0.1) is 12.0 Å². The van der Waals surface area contributed by atoms with Gasteiger partial charge in [0.25, 0.3) is 5.91 Å². The summed E-state index contributed by atoms with van der Waals surface area (Å²) in [5, 5.41) is 0. The van der Waals surface area contributed by atoms with E-state index in [2.05, 4.69) is 0 Å². The number of nitrogens with zero attached hydrogens (tertiary/aromatic N) is 3. The zero-order chi connectivity index (χ0) is 18.7. The van der Waals surface area contributed by atoms with E-state index in [9.17, 15) is 4.79 Å². The lowest BCUT2D eigenvalue weighted by atomic mass is 10.3. The van der Waals surface area contributed by atoms with Gasteiger partial charge in [0, 0.05) is 13.2 Å². The summed E-state index contributed by atoms with van der Waals surface area (Å²) in [7, 11) is 1.73. The fourth-order valence-corrected chi connectivity index (χ4v) is 2.74. The molecule has 0 saturated carbocycles. The van der Waals surface area contributed by atoms with Gasteiger partial charge in [0.1, 0.15) is 12.4 Å². The molecule has 3 aromatic rings. The predicted molar refractivity (Wildman–Crippen MR) is 101 cm³/mol. The van der Waals surface area contributed by atoms with Crippen molar-refractivity contribution in [3.8, 4) is 5.75 Å². The molecule has 26 heavy (non-hydrogen) atoms. The highest BCUT2D eigenvalue weighted by Gasteiger charge is 2.23. The first-order valence-electron chi connectivity index (χ1n) is 8.60. The lowest BCUT2D eigenvalue weighted by Gasteiger charge is -2.17. The first kappa shape index (κ1) is 17.8. The Hall–Kier alpha value is -3.02. The maximum atomic E-state index is 12.7. The fraction of sp³-hybridized carbons (Fsp3) is 0.300. The molecular formula is C20H23N3O3. The fourth-order valence-electron chi connectivity index (χ4n) is 2.74. The SMILES string of the molecule is CCc1nc2c(OCC=C(C)C)cccn2c1N(C)C(=O)c1ccco1. The summed E-state index contributed by atoms with van der Waals surface area (Å²) in [6.45, 7) is 6.55. The van der Waals surface area contributed by atoms with Gasteiger partial charge in [0.2, 0.25) is 0 Å². The molecule has 136 valence electrons. The van der Waals surface area contributed by atoms with Crippen molar-refractivity contribution in [3.63, 3.8) is 0 Å². The molecule has 0 radical (unpaired) electrons. The quantitative estimate of drug-likeness (QED) is 0.626. The number of amides is 1. The number of pyridine rings is 1. The zero-order valence-electron chi connectivity index (χ0n) is 15.5. The first-order chi connectivity index (χ1) is 12.5. The molecule has 3 heterocycles. The van der Waals surface area contributed by atoms with Gasteiger partial charge in [-0.1, -0.05) is 12.5 Å². The third-order valence-corrected chi connectivity index (χ3v) is 4.08. The lowest BCUT2D eigenvalue weighted by molar-refractivity contribution is 0.0965. The summed E-state index contributed by atoms with van der Waals surface area (Å²) in [6, 6.07) is 7.13. The highest BCUT2D eigenvalue weighted by atomic mass is 16.5. The minimum Gasteiger partial charge on any atom is -0.486 e. The molecule has 0 aliphatic carbocycles. The Morgan fingerprint density at radius 1 is 1.35 bits per heavy atom. The number of carbonyl (C=O) groups excluding carboxylic acids is 1. The molecule has 0 saturated heterocycles. The highest BCUT2D eigenvalue weighted by molar-refractivity contribution is 6.03. The molecule has 0 aliphatic heterocycles. The second kappa shape index (κ2) is 7.47. The van der Waals surface area contributed by atoms with Gasteiger partial charge in [0.15, 0.2) is 17.2 Å². The normalized spacial score (nSPS) is 10.8. The summed E-state index contributed by atoms with van der Waals surface area (Å²) < 4.78 is 13.0. The summed E-state index contributed by atoms with van der Waals surface area (Å²) in [4.78, 5) is 19.0. The molecular weight excluding hydrogens is 330 g/mol. The monoisotopic (exact) mass is 353 g/mol. The van der Waals surface area contributed by atoms with Gasteiger partial charge >= 0.3 is 0 Å². The van der Waals surface area contributed by atoms with Crippen molar-refractivity contribution in [3.05, 3.63) is 59.8 Å². The number of ether oxygens (including phenoxy) is 1. The van der Waals surface area contributed by atoms with E-state index in [4.69, 9.17) is 14.1 Å². The van der Waals surface area contributed by atoms with Crippen LogP contribution in [0, 0.1) is 0 Å². The van der Waals surface area contributed by atoms with E-state index < -0.39 is 0 Å². The maximum Gasteiger partial charge on any atom is 0.294 e. The molecule has 0 atom stereocenters. The topological polar surface area (TPSA) is 60.0 Å². The van der Waals surface area contributed by atoms with Crippen LogP contribution < -0.4 is 9.64 Å². The number of carbonyl (C=O) groups is 1. The van der Waals surface area contributed by atoms with E-state index in [-0.39, 0.29) is 5.91 Å². The van der Waals surface area contributed by atoms with Crippen LogP contribution in [0.2, 0.25) is 0 Å². The van der Waals surface area contributed by atoms with Gasteiger partial charge in [-0.05, 0) is 50.6 Å². The molecule has 0 N–H and O–H groups in total. The van der Waals surface area contributed by atoms with Crippen molar-refractivity contribution in [2.24, 2.45) is 0 Å². The Balaban J connectivity index is 2.02. The summed E-state index contributed by atoms with van der Waals surface area (Å²) in [5.41, 5.74) is 2.71. The van der Waals surface area contributed by atoms with Gasteiger partial charge in [-0.15, -0.1) is 0 Å². The van der Waals surface area contributed by atoms with Crippen LogP contribution in [-0.4, -0.2) is 28.9 Å². The van der Waals surface area contributed by atoms with Gasteiger partial charge in [-0.3, -0.25) is 14.1 Å². The number of aromatic nitrogens is 2. The number of imidazole rings is 1. The van der Waals surface area contributed by atoms with Crippen LogP contribution in [0.3, 0.4) is 0 Å². The number of rotatable bonds is 6. The van der Waals surface area contributed by atoms with E-state index in [1.807, 2.05) is 49.6 Å². The standard InChI is InChI=1S/C20H23N3O3/c1-5-15-19(22(4)20(24)17-9-7-12-25-17)23-11-6-8-16(18(23)21-15)26-13-10-14(2)3/h6-12H,5,13H2,1-4H3. The number of anilines is 1. The number of aryl methyl sites for hydroxylation is 1. The lowest BCUT2D eigenvalue weighted by Crippen LogP contribution is -2.28. The minimum atomic E-state index is -0.220. The number of hydrogen-bond donors (Lipinski definition) is 0. The molecule has 0 bridgehead atoms. The molecule has 6 heteroatoms. The van der Waals surface area contributed by atoms with Crippen LogP contribution in [0.15, 0.2) is 52.8 Å². The van der Waals surface area contributed by atoms with Gasteiger partial charge in [-0.25, -0.2) is 4.98 Å².